The van der Waals surface area contributed by atoms with Crippen LogP contribution in [0.3, 0.4) is 0 Å². The van der Waals surface area contributed by atoms with Crippen molar-refractivity contribution in [2.75, 3.05) is 26.2 Å². The third-order valence-corrected chi connectivity index (χ3v) is 6.92. The van der Waals surface area contributed by atoms with Gasteiger partial charge in [-0.3, -0.25) is 0 Å². The molecule has 30 heavy (non-hydrogen) atoms. The van der Waals surface area contributed by atoms with Gasteiger partial charge in [-0.25, -0.2) is 10.0 Å². The smallest absolute Gasteiger partial charge is 0.0161 e. The summed E-state index contributed by atoms with van der Waals surface area (Å²) in [4.78, 5) is 0. The molecule has 3 atom stereocenters. The van der Waals surface area contributed by atoms with E-state index in [0.717, 1.165) is 17.8 Å². The first-order chi connectivity index (χ1) is 14.1. The Labute approximate surface area is 202 Å². The van der Waals surface area contributed by atoms with Crippen LogP contribution in [0.5, 0.6) is 0 Å². The number of hydrazine groups is 1. The molecule has 0 saturated carbocycles. The summed E-state index contributed by atoms with van der Waals surface area (Å²) in [7, 11) is 0. The van der Waals surface area contributed by atoms with Gasteiger partial charge in [0.1, 0.15) is 0 Å². The standard InChI is InChI=1S/C27H58N2.BrH/c1-8-15-18-25(12-5)22-28(21-11-4)29(23-26(13-6)19-16-9-2)24-27(14-7)20-17-10-3;/h25-27H,8-24H2,1-7H3;1H. The Hall–Kier alpha value is 0.400. The van der Waals surface area contributed by atoms with Crippen molar-refractivity contribution in [2.24, 2.45) is 17.8 Å². The van der Waals surface area contributed by atoms with Crippen LogP contribution < -0.4 is 0 Å². The van der Waals surface area contributed by atoms with Crippen LogP contribution in [-0.4, -0.2) is 36.2 Å². The average Bonchev–Trinajstić information content (AvgIpc) is 2.74. The normalized spacial score (nSPS) is 14.7. The summed E-state index contributed by atoms with van der Waals surface area (Å²) in [5.41, 5.74) is 0. The predicted molar refractivity (Wildman–Crippen MR) is 144 cm³/mol. The molecular formula is C27H59BrN2. The highest BCUT2D eigenvalue weighted by molar-refractivity contribution is 8.93. The third kappa shape index (κ3) is 15.2. The van der Waals surface area contributed by atoms with Gasteiger partial charge in [0.2, 0.25) is 0 Å². The van der Waals surface area contributed by atoms with Crippen LogP contribution in [-0.2, 0) is 0 Å². The number of rotatable bonds is 21. The van der Waals surface area contributed by atoms with Crippen LogP contribution in [0.15, 0.2) is 0 Å². The molecule has 0 bridgehead atoms. The van der Waals surface area contributed by atoms with Gasteiger partial charge in [-0.05, 0) is 43.4 Å². The predicted octanol–water partition coefficient (Wildman–Crippen LogP) is 9.14. The van der Waals surface area contributed by atoms with E-state index in [2.05, 4.69) is 58.5 Å². The topological polar surface area (TPSA) is 6.48 Å². The number of halogens is 1. The zero-order valence-corrected chi connectivity index (χ0v) is 23.8. The zero-order valence-electron chi connectivity index (χ0n) is 22.1. The molecule has 0 amide bonds. The van der Waals surface area contributed by atoms with Crippen LogP contribution in [0, 0.1) is 17.8 Å². The fraction of sp³-hybridized carbons (Fsp3) is 1.00. The molecule has 0 rings (SSSR count). The van der Waals surface area contributed by atoms with Crippen molar-refractivity contribution in [3.05, 3.63) is 0 Å². The molecule has 2 nitrogen and oxygen atoms in total. The minimum Gasteiger partial charge on any atom is -0.242 e. The number of nitrogens with zero attached hydrogens (tertiary/aromatic N) is 2. The van der Waals surface area contributed by atoms with E-state index in [9.17, 15) is 0 Å². The van der Waals surface area contributed by atoms with E-state index in [0.29, 0.717) is 0 Å². The summed E-state index contributed by atoms with van der Waals surface area (Å²) < 4.78 is 0. The SMILES string of the molecule is Br.CCCCC(CC)CN(CCC)N(CC(CC)CCCC)CC(CC)CCCC. The van der Waals surface area contributed by atoms with E-state index in [1.807, 2.05) is 0 Å². The Morgan fingerprint density at radius 3 is 1.07 bits per heavy atom. The maximum absolute atomic E-state index is 2.84. The first-order valence-corrected chi connectivity index (χ1v) is 13.6. The van der Waals surface area contributed by atoms with Crippen LogP contribution in [0.1, 0.15) is 132 Å². The number of unbranched alkanes of at least 4 members (excludes halogenated alkanes) is 3. The molecule has 0 aromatic rings. The minimum atomic E-state index is 0. The Morgan fingerprint density at radius 1 is 0.467 bits per heavy atom. The summed E-state index contributed by atoms with van der Waals surface area (Å²) >= 11 is 0. The van der Waals surface area contributed by atoms with Gasteiger partial charge in [0, 0.05) is 26.2 Å². The molecule has 0 aliphatic rings. The lowest BCUT2D eigenvalue weighted by molar-refractivity contribution is -0.0619. The van der Waals surface area contributed by atoms with Gasteiger partial charge < -0.3 is 0 Å². The zero-order chi connectivity index (χ0) is 21.9. The molecule has 3 heteroatoms. The molecule has 0 spiro atoms. The molecule has 0 aromatic carbocycles. The lowest BCUT2D eigenvalue weighted by Gasteiger charge is -2.41. The first kappa shape index (κ1) is 32.6. The monoisotopic (exact) mass is 490 g/mol. The summed E-state index contributed by atoms with van der Waals surface area (Å²) in [5, 5.41) is 5.64. The van der Waals surface area contributed by atoms with Crippen LogP contribution in [0.2, 0.25) is 0 Å². The largest absolute Gasteiger partial charge is 0.242 e. The van der Waals surface area contributed by atoms with Crippen molar-refractivity contribution in [2.45, 2.75) is 132 Å². The highest BCUT2D eigenvalue weighted by Gasteiger charge is 2.23. The molecule has 184 valence electrons. The summed E-state index contributed by atoms with van der Waals surface area (Å²) in [5.74, 6) is 2.57. The lowest BCUT2D eigenvalue weighted by atomic mass is 9.96. The minimum absolute atomic E-state index is 0. The number of hydrogen-bond acceptors (Lipinski definition) is 2. The summed E-state index contributed by atoms with van der Waals surface area (Å²) in [6.07, 6.45) is 17.6. The van der Waals surface area contributed by atoms with Gasteiger partial charge >= 0.3 is 0 Å². The van der Waals surface area contributed by atoms with Gasteiger partial charge in [0.25, 0.3) is 0 Å². The second-order valence-corrected chi connectivity index (χ2v) is 9.53. The van der Waals surface area contributed by atoms with Crippen molar-refractivity contribution >= 4 is 17.0 Å². The Morgan fingerprint density at radius 2 is 0.800 bits per heavy atom. The van der Waals surface area contributed by atoms with E-state index >= 15 is 0 Å². The lowest BCUT2D eigenvalue weighted by Crippen LogP contribution is -2.49. The van der Waals surface area contributed by atoms with Crippen LogP contribution in [0.4, 0.5) is 0 Å². The van der Waals surface area contributed by atoms with E-state index in [1.165, 1.54) is 110 Å². The second kappa shape index (κ2) is 22.6. The molecule has 0 N–H and O–H groups in total. The van der Waals surface area contributed by atoms with Crippen molar-refractivity contribution < 1.29 is 0 Å². The Kier molecular flexibility index (Phi) is 24.5. The van der Waals surface area contributed by atoms with Gasteiger partial charge in [-0.15, -0.1) is 17.0 Å². The quantitative estimate of drug-likeness (QED) is 0.148. The molecule has 0 aliphatic carbocycles. The fourth-order valence-electron chi connectivity index (χ4n) is 4.56. The van der Waals surface area contributed by atoms with Crippen molar-refractivity contribution in [3.8, 4) is 0 Å². The van der Waals surface area contributed by atoms with Crippen molar-refractivity contribution in [1.29, 1.82) is 0 Å². The molecule has 0 heterocycles. The van der Waals surface area contributed by atoms with Crippen LogP contribution in [0.25, 0.3) is 0 Å². The maximum Gasteiger partial charge on any atom is 0.0161 e. The highest BCUT2D eigenvalue weighted by atomic mass is 79.9. The molecule has 0 fully saturated rings. The molecule has 0 aromatic heterocycles. The molecular weight excluding hydrogens is 432 g/mol. The fourth-order valence-corrected chi connectivity index (χ4v) is 4.56. The van der Waals surface area contributed by atoms with Crippen molar-refractivity contribution in [1.82, 2.24) is 10.0 Å². The van der Waals surface area contributed by atoms with E-state index < -0.39 is 0 Å². The second-order valence-electron chi connectivity index (χ2n) is 9.53. The molecule has 0 radical (unpaired) electrons. The number of hydrogen-bond donors (Lipinski definition) is 0. The van der Waals surface area contributed by atoms with Gasteiger partial charge in [0.05, 0.1) is 0 Å². The van der Waals surface area contributed by atoms with E-state index in [1.54, 1.807) is 0 Å². The molecule has 3 unspecified atom stereocenters. The van der Waals surface area contributed by atoms with Crippen molar-refractivity contribution in [3.63, 3.8) is 0 Å². The Balaban J connectivity index is 0. The van der Waals surface area contributed by atoms with E-state index in [-0.39, 0.29) is 17.0 Å². The Bertz CT molecular complexity index is 319. The summed E-state index contributed by atoms with van der Waals surface area (Å²) in [6.45, 7) is 21.7. The summed E-state index contributed by atoms with van der Waals surface area (Å²) in [6, 6.07) is 0. The molecule has 0 saturated heterocycles. The van der Waals surface area contributed by atoms with Crippen LogP contribution >= 0.6 is 17.0 Å². The van der Waals surface area contributed by atoms with Gasteiger partial charge in [-0.1, -0.05) is 106 Å². The first-order valence-electron chi connectivity index (χ1n) is 13.6. The van der Waals surface area contributed by atoms with Gasteiger partial charge in [-0.2, -0.15) is 0 Å². The maximum atomic E-state index is 2.84. The average molecular weight is 492 g/mol. The highest BCUT2D eigenvalue weighted by Crippen LogP contribution is 2.23. The molecule has 0 aliphatic heterocycles. The van der Waals surface area contributed by atoms with E-state index in [4.69, 9.17) is 0 Å². The van der Waals surface area contributed by atoms with Gasteiger partial charge in [0.15, 0.2) is 0 Å². The third-order valence-electron chi connectivity index (χ3n) is 6.92.